The molecule has 5 rings (SSSR count). The molecular formula is C18H13N5O3S. The maximum absolute atomic E-state index is 12.4. The van der Waals surface area contributed by atoms with E-state index in [1.807, 2.05) is 47.8 Å². The molecule has 1 aliphatic heterocycles. The van der Waals surface area contributed by atoms with Crippen LogP contribution in [0.25, 0.3) is 22.3 Å². The summed E-state index contributed by atoms with van der Waals surface area (Å²) in [5, 5.41) is 13.3. The molecule has 1 amide bonds. The van der Waals surface area contributed by atoms with Gasteiger partial charge in [0.1, 0.15) is 12.1 Å². The molecule has 4 aromatic rings. The van der Waals surface area contributed by atoms with Crippen LogP contribution in [-0.4, -0.2) is 32.7 Å². The Bertz CT molecular complexity index is 1150. The number of fused-ring (bicyclic) bond motifs is 2. The smallest absolute Gasteiger partial charge is 0.247 e. The van der Waals surface area contributed by atoms with E-state index in [0.717, 1.165) is 28.0 Å². The van der Waals surface area contributed by atoms with Gasteiger partial charge in [-0.3, -0.25) is 4.79 Å². The second-order valence-corrected chi connectivity index (χ2v) is 6.75. The molecule has 2 aromatic carbocycles. The lowest BCUT2D eigenvalue weighted by atomic mass is 10.1. The largest absolute Gasteiger partial charge is 0.454 e. The topological polar surface area (TPSA) is 91.2 Å². The van der Waals surface area contributed by atoms with E-state index < -0.39 is 0 Å². The Morgan fingerprint density at radius 2 is 2.07 bits per heavy atom. The van der Waals surface area contributed by atoms with Gasteiger partial charge in [0.2, 0.25) is 12.7 Å². The second-order valence-electron chi connectivity index (χ2n) is 5.89. The van der Waals surface area contributed by atoms with Gasteiger partial charge in [0.25, 0.3) is 0 Å². The van der Waals surface area contributed by atoms with Gasteiger partial charge in [0, 0.05) is 10.9 Å². The Hall–Kier alpha value is -3.46. The molecule has 0 saturated heterocycles. The molecule has 1 N–H and O–H groups in total. The Labute approximate surface area is 157 Å². The lowest BCUT2D eigenvalue weighted by Crippen LogP contribution is -2.19. The van der Waals surface area contributed by atoms with Gasteiger partial charge in [-0.05, 0) is 30.3 Å². The monoisotopic (exact) mass is 379 g/mol. The number of amides is 1. The van der Waals surface area contributed by atoms with E-state index in [9.17, 15) is 4.79 Å². The Morgan fingerprint density at radius 3 is 3.04 bits per heavy atom. The third kappa shape index (κ3) is 2.97. The van der Waals surface area contributed by atoms with E-state index in [1.54, 1.807) is 4.68 Å². The molecule has 0 aliphatic carbocycles. The van der Waals surface area contributed by atoms with Gasteiger partial charge in [0.05, 0.1) is 11.2 Å². The molecule has 0 saturated carbocycles. The minimum absolute atomic E-state index is 0.0689. The zero-order valence-corrected chi connectivity index (χ0v) is 14.8. The summed E-state index contributed by atoms with van der Waals surface area (Å²) >= 11 is 1.36. The summed E-state index contributed by atoms with van der Waals surface area (Å²) in [6.45, 7) is 0.299. The van der Waals surface area contributed by atoms with Crippen molar-refractivity contribution in [2.45, 2.75) is 6.54 Å². The predicted molar refractivity (Wildman–Crippen MR) is 99.8 cm³/mol. The Kier molecular flexibility index (Phi) is 3.72. The van der Waals surface area contributed by atoms with E-state index in [2.05, 4.69) is 20.6 Å². The third-order valence-corrected chi connectivity index (χ3v) is 4.89. The lowest BCUT2D eigenvalue weighted by molar-refractivity contribution is -0.116. The summed E-state index contributed by atoms with van der Waals surface area (Å²) in [5.41, 5.74) is 3.23. The van der Waals surface area contributed by atoms with Crippen LogP contribution < -0.4 is 14.8 Å². The minimum atomic E-state index is -0.211. The van der Waals surface area contributed by atoms with Gasteiger partial charge in [-0.2, -0.15) is 0 Å². The van der Waals surface area contributed by atoms with Gasteiger partial charge in [-0.15, -0.1) is 16.4 Å². The zero-order chi connectivity index (χ0) is 18.2. The summed E-state index contributed by atoms with van der Waals surface area (Å²) in [4.78, 5) is 16.8. The van der Waals surface area contributed by atoms with Crippen LogP contribution in [0.15, 0.2) is 47.8 Å². The van der Waals surface area contributed by atoms with E-state index in [-0.39, 0.29) is 19.2 Å². The van der Waals surface area contributed by atoms with Crippen molar-refractivity contribution in [2.24, 2.45) is 0 Å². The number of para-hydroxylation sites is 1. The average molecular weight is 379 g/mol. The number of nitrogens with one attached hydrogen (secondary N) is 1. The number of carbonyl (C=O) groups excluding carboxylic acids is 1. The van der Waals surface area contributed by atoms with Crippen LogP contribution in [0.5, 0.6) is 11.5 Å². The molecule has 27 heavy (non-hydrogen) atoms. The number of thiazole rings is 1. The SMILES string of the molecule is O=C(Cn1nnc2ccccc21)Nc1nc(-c2ccc3c(c2)OCO3)cs1. The molecule has 9 heteroatoms. The highest BCUT2D eigenvalue weighted by molar-refractivity contribution is 7.14. The standard InChI is InChI=1S/C18H13N5O3S/c24-17(8-23-14-4-2-1-3-12(14)21-22-23)20-18-19-13(9-27-18)11-5-6-15-16(7-11)26-10-25-15/h1-7,9H,8,10H2,(H,19,20,24). The minimum Gasteiger partial charge on any atom is -0.454 e. The van der Waals surface area contributed by atoms with Gasteiger partial charge in [-0.1, -0.05) is 17.3 Å². The van der Waals surface area contributed by atoms with Gasteiger partial charge in [-0.25, -0.2) is 9.67 Å². The number of aromatic nitrogens is 4. The number of nitrogens with zero attached hydrogens (tertiary/aromatic N) is 4. The van der Waals surface area contributed by atoms with Crippen LogP contribution in [0.4, 0.5) is 5.13 Å². The Balaban J connectivity index is 1.31. The first-order chi connectivity index (χ1) is 13.3. The van der Waals surface area contributed by atoms with Crippen molar-refractivity contribution >= 4 is 33.4 Å². The molecule has 0 spiro atoms. The average Bonchev–Trinajstić information content (AvgIpc) is 3.41. The van der Waals surface area contributed by atoms with Crippen LogP contribution in [0.2, 0.25) is 0 Å². The number of hydrogen-bond donors (Lipinski definition) is 1. The summed E-state index contributed by atoms with van der Waals surface area (Å²) in [5.74, 6) is 1.21. The quantitative estimate of drug-likeness (QED) is 0.586. The fourth-order valence-electron chi connectivity index (χ4n) is 2.85. The highest BCUT2D eigenvalue weighted by Crippen LogP contribution is 2.36. The van der Waals surface area contributed by atoms with Gasteiger partial charge < -0.3 is 14.8 Å². The van der Waals surface area contributed by atoms with Crippen molar-refractivity contribution in [1.29, 1.82) is 0 Å². The highest BCUT2D eigenvalue weighted by Gasteiger charge is 2.16. The molecule has 0 fully saturated rings. The number of carbonyl (C=O) groups is 1. The normalized spacial score (nSPS) is 12.4. The number of anilines is 1. The Morgan fingerprint density at radius 1 is 1.19 bits per heavy atom. The first kappa shape index (κ1) is 15.8. The maximum Gasteiger partial charge on any atom is 0.247 e. The van der Waals surface area contributed by atoms with E-state index in [4.69, 9.17) is 9.47 Å². The third-order valence-electron chi connectivity index (χ3n) is 4.13. The van der Waals surface area contributed by atoms with Gasteiger partial charge >= 0.3 is 0 Å². The maximum atomic E-state index is 12.4. The summed E-state index contributed by atoms with van der Waals surface area (Å²) in [6, 6.07) is 13.2. The molecule has 3 heterocycles. The molecule has 134 valence electrons. The van der Waals surface area contributed by atoms with E-state index in [1.165, 1.54) is 11.3 Å². The summed E-state index contributed by atoms with van der Waals surface area (Å²) < 4.78 is 12.3. The first-order valence-electron chi connectivity index (χ1n) is 8.20. The molecule has 0 unspecified atom stereocenters. The van der Waals surface area contributed by atoms with Crippen LogP contribution in [0.1, 0.15) is 0 Å². The van der Waals surface area contributed by atoms with E-state index >= 15 is 0 Å². The first-order valence-corrected chi connectivity index (χ1v) is 9.08. The van der Waals surface area contributed by atoms with E-state index in [0.29, 0.717) is 10.9 Å². The highest BCUT2D eigenvalue weighted by atomic mass is 32.1. The molecule has 2 aromatic heterocycles. The van der Waals surface area contributed by atoms with Crippen LogP contribution >= 0.6 is 11.3 Å². The molecule has 0 bridgehead atoms. The number of rotatable bonds is 4. The second kappa shape index (κ2) is 6.36. The van der Waals surface area contributed by atoms with Crippen molar-refractivity contribution in [2.75, 3.05) is 12.1 Å². The molecule has 0 atom stereocenters. The summed E-state index contributed by atoms with van der Waals surface area (Å²) in [7, 11) is 0. The molecule has 0 radical (unpaired) electrons. The lowest BCUT2D eigenvalue weighted by Gasteiger charge is -2.03. The number of hydrogen-bond acceptors (Lipinski definition) is 7. The van der Waals surface area contributed by atoms with Crippen molar-refractivity contribution in [3.8, 4) is 22.8 Å². The fraction of sp³-hybridized carbons (Fsp3) is 0.111. The molecular weight excluding hydrogens is 366 g/mol. The molecule has 1 aliphatic rings. The van der Waals surface area contributed by atoms with Gasteiger partial charge in [0.15, 0.2) is 16.6 Å². The van der Waals surface area contributed by atoms with Crippen LogP contribution in [0.3, 0.4) is 0 Å². The zero-order valence-electron chi connectivity index (χ0n) is 14.0. The number of benzene rings is 2. The van der Waals surface area contributed by atoms with Crippen molar-refractivity contribution in [1.82, 2.24) is 20.0 Å². The van der Waals surface area contributed by atoms with Crippen LogP contribution in [0, 0.1) is 0 Å². The van der Waals surface area contributed by atoms with Crippen molar-refractivity contribution < 1.29 is 14.3 Å². The van der Waals surface area contributed by atoms with Crippen molar-refractivity contribution in [3.05, 3.63) is 47.8 Å². The predicted octanol–water partition coefficient (Wildman–Crippen LogP) is 2.92. The molecule has 8 nitrogen and oxygen atoms in total. The summed E-state index contributed by atoms with van der Waals surface area (Å²) in [6.07, 6.45) is 0. The number of ether oxygens (including phenoxy) is 2. The fourth-order valence-corrected chi connectivity index (χ4v) is 3.58. The van der Waals surface area contributed by atoms with Crippen molar-refractivity contribution in [3.63, 3.8) is 0 Å². The van der Waals surface area contributed by atoms with Crippen LogP contribution in [-0.2, 0) is 11.3 Å².